The summed E-state index contributed by atoms with van der Waals surface area (Å²) in [6.07, 6.45) is 3.98. The number of carboxylic acids is 1. The molecule has 0 atom stereocenters. The first-order valence-electron chi connectivity index (χ1n) is 5.62. The van der Waals surface area contributed by atoms with Crippen LogP contribution in [0.2, 0.25) is 0 Å². The van der Waals surface area contributed by atoms with Gasteiger partial charge in [-0.05, 0) is 26.2 Å². The summed E-state index contributed by atoms with van der Waals surface area (Å²) < 4.78 is 0. The van der Waals surface area contributed by atoms with E-state index in [-0.39, 0.29) is 5.91 Å². The Morgan fingerprint density at radius 1 is 1.44 bits per heavy atom. The van der Waals surface area contributed by atoms with Crippen LogP contribution in [0.3, 0.4) is 0 Å². The predicted octanol–water partition coefficient (Wildman–Crippen LogP) is 1.67. The van der Waals surface area contributed by atoms with Crippen LogP contribution in [0.25, 0.3) is 0 Å². The first-order chi connectivity index (χ1) is 7.49. The zero-order chi connectivity index (χ0) is 12.2. The predicted molar refractivity (Wildman–Crippen MR) is 61.0 cm³/mol. The largest absolute Gasteiger partial charge is 0.481 e. The molecule has 4 nitrogen and oxygen atoms in total. The summed E-state index contributed by atoms with van der Waals surface area (Å²) in [5.74, 6) is -0.655. The molecule has 16 heavy (non-hydrogen) atoms. The molecule has 4 heteroatoms. The molecule has 1 aliphatic heterocycles. The van der Waals surface area contributed by atoms with Gasteiger partial charge in [0, 0.05) is 19.5 Å². The van der Waals surface area contributed by atoms with Crippen molar-refractivity contribution in [3.63, 3.8) is 0 Å². The van der Waals surface area contributed by atoms with E-state index in [1.165, 1.54) is 0 Å². The minimum absolute atomic E-state index is 0.104. The summed E-state index contributed by atoms with van der Waals surface area (Å²) in [4.78, 5) is 24.4. The Kier molecular flexibility index (Phi) is 4.10. The third-order valence-electron chi connectivity index (χ3n) is 3.30. The van der Waals surface area contributed by atoms with Crippen LogP contribution >= 0.6 is 0 Å². The van der Waals surface area contributed by atoms with Gasteiger partial charge in [0.15, 0.2) is 0 Å². The van der Waals surface area contributed by atoms with Gasteiger partial charge in [-0.15, -0.1) is 6.58 Å². The van der Waals surface area contributed by atoms with Crippen molar-refractivity contribution < 1.29 is 14.7 Å². The van der Waals surface area contributed by atoms with Gasteiger partial charge in [0.1, 0.15) is 0 Å². The van der Waals surface area contributed by atoms with Crippen molar-refractivity contribution >= 4 is 11.9 Å². The van der Waals surface area contributed by atoms with Gasteiger partial charge in [0.05, 0.1) is 5.41 Å². The molecule has 1 rings (SSSR count). The second-order valence-electron chi connectivity index (χ2n) is 4.57. The molecule has 1 heterocycles. The number of likely N-dealkylation sites (tertiary alicyclic amines) is 1. The van der Waals surface area contributed by atoms with E-state index in [9.17, 15) is 9.59 Å². The number of amides is 1. The highest BCUT2D eigenvalue weighted by molar-refractivity contribution is 5.78. The van der Waals surface area contributed by atoms with Crippen LogP contribution in [0.4, 0.5) is 0 Å². The number of piperidine rings is 1. The lowest BCUT2D eigenvalue weighted by atomic mass is 9.80. The molecule has 1 amide bonds. The number of rotatable bonds is 4. The minimum Gasteiger partial charge on any atom is -0.481 e. The monoisotopic (exact) mass is 225 g/mol. The third-order valence-corrected chi connectivity index (χ3v) is 3.30. The van der Waals surface area contributed by atoms with Crippen molar-refractivity contribution in [2.45, 2.75) is 32.6 Å². The fourth-order valence-corrected chi connectivity index (χ4v) is 1.85. The van der Waals surface area contributed by atoms with Crippen LogP contribution in [-0.4, -0.2) is 35.0 Å². The number of carbonyl (C=O) groups excluding carboxylic acids is 1. The smallest absolute Gasteiger partial charge is 0.309 e. The fourth-order valence-electron chi connectivity index (χ4n) is 1.85. The molecule has 1 N–H and O–H groups in total. The molecular formula is C12H19NO3. The first-order valence-corrected chi connectivity index (χ1v) is 5.62. The molecule has 0 aromatic rings. The fraction of sp³-hybridized carbons (Fsp3) is 0.667. The van der Waals surface area contributed by atoms with E-state index in [1.54, 1.807) is 17.9 Å². The van der Waals surface area contributed by atoms with E-state index < -0.39 is 11.4 Å². The highest BCUT2D eigenvalue weighted by Crippen LogP contribution is 2.31. The highest BCUT2D eigenvalue weighted by Gasteiger charge is 2.37. The summed E-state index contributed by atoms with van der Waals surface area (Å²) in [6.45, 7) is 6.44. The maximum Gasteiger partial charge on any atom is 0.309 e. The Labute approximate surface area is 95.9 Å². The SMILES string of the molecule is C=CCCC(=O)N1CCC(C)(C(=O)O)CC1. The van der Waals surface area contributed by atoms with Gasteiger partial charge in [-0.3, -0.25) is 9.59 Å². The molecule has 0 aromatic heterocycles. The van der Waals surface area contributed by atoms with E-state index in [2.05, 4.69) is 6.58 Å². The molecule has 0 aliphatic carbocycles. The van der Waals surface area contributed by atoms with Crippen LogP contribution in [-0.2, 0) is 9.59 Å². The van der Waals surface area contributed by atoms with Crippen molar-refractivity contribution in [3.8, 4) is 0 Å². The highest BCUT2D eigenvalue weighted by atomic mass is 16.4. The normalized spacial score (nSPS) is 19.2. The van der Waals surface area contributed by atoms with E-state index in [0.29, 0.717) is 38.8 Å². The van der Waals surface area contributed by atoms with Gasteiger partial charge in [-0.2, -0.15) is 0 Å². The number of carboxylic acid groups (broad SMARTS) is 1. The first kappa shape index (κ1) is 12.7. The number of hydrogen-bond donors (Lipinski definition) is 1. The van der Waals surface area contributed by atoms with Crippen molar-refractivity contribution in [2.75, 3.05) is 13.1 Å². The average molecular weight is 225 g/mol. The lowest BCUT2D eigenvalue weighted by Crippen LogP contribution is -2.45. The Balaban J connectivity index is 2.45. The maximum atomic E-state index is 11.7. The van der Waals surface area contributed by atoms with Crippen molar-refractivity contribution in [2.24, 2.45) is 5.41 Å². The number of aliphatic carboxylic acids is 1. The van der Waals surface area contributed by atoms with Crippen molar-refractivity contribution in [3.05, 3.63) is 12.7 Å². The van der Waals surface area contributed by atoms with E-state index in [4.69, 9.17) is 5.11 Å². The average Bonchev–Trinajstić information content (AvgIpc) is 2.26. The standard InChI is InChI=1S/C12H19NO3/c1-3-4-5-10(14)13-8-6-12(2,7-9-13)11(15)16/h3H,1,4-9H2,2H3,(H,15,16). The van der Waals surface area contributed by atoms with Gasteiger partial charge in [0.2, 0.25) is 5.91 Å². The summed E-state index contributed by atoms with van der Waals surface area (Å²) in [5, 5.41) is 9.05. The number of hydrogen-bond acceptors (Lipinski definition) is 2. The zero-order valence-electron chi connectivity index (χ0n) is 9.74. The summed E-state index contributed by atoms with van der Waals surface area (Å²) in [7, 11) is 0. The number of carbonyl (C=O) groups is 2. The van der Waals surface area contributed by atoms with E-state index in [0.717, 1.165) is 0 Å². The van der Waals surface area contributed by atoms with Crippen LogP contribution in [0.1, 0.15) is 32.6 Å². The summed E-state index contributed by atoms with van der Waals surface area (Å²) in [5.41, 5.74) is -0.658. The molecule has 0 aromatic carbocycles. The lowest BCUT2D eigenvalue weighted by molar-refractivity contribution is -0.153. The molecule has 0 saturated carbocycles. The van der Waals surface area contributed by atoms with Gasteiger partial charge in [-0.1, -0.05) is 6.08 Å². The van der Waals surface area contributed by atoms with Gasteiger partial charge < -0.3 is 10.0 Å². The lowest BCUT2D eigenvalue weighted by Gasteiger charge is -2.36. The molecular weight excluding hydrogens is 206 g/mol. The molecule has 0 unspecified atom stereocenters. The second-order valence-corrected chi connectivity index (χ2v) is 4.57. The summed E-state index contributed by atoms with van der Waals surface area (Å²) >= 11 is 0. The number of allylic oxidation sites excluding steroid dienone is 1. The number of nitrogens with zero attached hydrogens (tertiary/aromatic N) is 1. The van der Waals surface area contributed by atoms with Gasteiger partial charge in [0.25, 0.3) is 0 Å². The van der Waals surface area contributed by atoms with E-state index in [1.807, 2.05) is 0 Å². The Bertz CT molecular complexity index is 291. The Morgan fingerprint density at radius 3 is 2.44 bits per heavy atom. The molecule has 1 saturated heterocycles. The molecule has 0 bridgehead atoms. The molecule has 1 fully saturated rings. The summed E-state index contributed by atoms with van der Waals surface area (Å²) in [6, 6.07) is 0. The molecule has 1 aliphatic rings. The molecule has 0 spiro atoms. The van der Waals surface area contributed by atoms with Gasteiger partial charge >= 0.3 is 5.97 Å². The quantitative estimate of drug-likeness (QED) is 0.740. The maximum absolute atomic E-state index is 11.7. The zero-order valence-corrected chi connectivity index (χ0v) is 9.74. The third kappa shape index (κ3) is 2.84. The van der Waals surface area contributed by atoms with Crippen molar-refractivity contribution in [1.82, 2.24) is 4.90 Å². The minimum atomic E-state index is -0.759. The molecule has 0 radical (unpaired) electrons. The molecule has 90 valence electrons. The van der Waals surface area contributed by atoms with Crippen LogP contribution in [0.15, 0.2) is 12.7 Å². The Hall–Kier alpha value is -1.32. The van der Waals surface area contributed by atoms with Crippen LogP contribution in [0.5, 0.6) is 0 Å². The van der Waals surface area contributed by atoms with Crippen molar-refractivity contribution in [1.29, 1.82) is 0 Å². The van der Waals surface area contributed by atoms with Gasteiger partial charge in [-0.25, -0.2) is 0 Å². The Morgan fingerprint density at radius 2 is 2.00 bits per heavy atom. The van der Waals surface area contributed by atoms with Crippen LogP contribution in [0, 0.1) is 5.41 Å². The van der Waals surface area contributed by atoms with E-state index >= 15 is 0 Å². The van der Waals surface area contributed by atoms with Crippen LogP contribution < -0.4 is 0 Å². The second kappa shape index (κ2) is 5.14. The topological polar surface area (TPSA) is 57.6 Å².